The number of ether oxygens (including phenoxy) is 1. The third-order valence-electron chi connectivity index (χ3n) is 3.65. The molecule has 1 saturated heterocycles. The molecule has 0 spiro atoms. The van der Waals surface area contributed by atoms with E-state index in [1.807, 2.05) is 0 Å². The van der Waals surface area contributed by atoms with E-state index < -0.39 is 0 Å². The first-order valence-corrected chi connectivity index (χ1v) is 6.15. The molecule has 2 N–H and O–H groups in total. The highest BCUT2D eigenvalue weighted by atomic mass is 16.5. The molecule has 3 nitrogen and oxygen atoms in total. The Morgan fingerprint density at radius 3 is 2.73 bits per heavy atom. The fourth-order valence-electron chi connectivity index (χ4n) is 2.30. The summed E-state index contributed by atoms with van der Waals surface area (Å²) in [6.07, 6.45) is 5.19. The number of rotatable bonds is 6. The van der Waals surface area contributed by atoms with Gasteiger partial charge in [-0.3, -0.25) is 4.90 Å². The average Bonchev–Trinajstić information content (AvgIpc) is 2.70. The van der Waals surface area contributed by atoms with Gasteiger partial charge in [-0.25, -0.2) is 0 Å². The van der Waals surface area contributed by atoms with Crippen LogP contribution in [0.5, 0.6) is 0 Å². The van der Waals surface area contributed by atoms with Gasteiger partial charge >= 0.3 is 0 Å². The molecule has 0 radical (unpaired) electrons. The Bertz CT molecular complexity index is 180. The maximum absolute atomic E-state index is 5.89. The van der Waals surface area contributed by atoms with Crippen LogP contribution in [0.3, 0.4) is 0 Å². The minimum atomic E-state index is 0.140. The molecule has 0 aromatic carbocycles. The van der Waals surface area contributed by atoms with E-state index in [1.54, 1.807) is 0 Å². The van der Waals surface area contributed by atoms with Gasteiger partial charge in [-0.15, -0.1) is 0 Å². The van der Waals surface area contributed by atoms with E-state index in [2.05, 4.69) is 25.8 Å². The maximum atomic E-state index is 5.89. The lowest BCUT2D eigenvalue weighted by Gasteiger charge is -2.39. The molecule has 3 heteroatoms. The fourth-order valence-corrected chi connectivity index (χ4v) is 2.30. The van der Waals surface area contributed by atoms with Crippen molar-refractivity contribution in [3.8, 4) is 0 Å². The highest BCUT2D eigenvalue weighted by Gasteiger charge is 2.29. The first-order chi connectivity index (χ1) is 7.12. The van der Waals surface area contributed by atoms with Crippen molar-refractivity contribution in [1.29, 1.82) is 0 Å². The Labute approximate surface area is 94.0 Å². The SMILES string of the molecule is CCCC(C)(CN)N(C)CC1CCCO1. The average molecular weight is 214 g/mol. The molecule has 0 aliphatic carbocycles. The molecule has 0 aromatic rings. The van der Waals surface area contributed by atoms with Crippen molar-refractivity contribution >= 4 is 0 Å². The standard InChI is InChI=1S/C12H26N2O/c1-4-7-12(2,10-13)14(3)9-11-6-5-8-15-11/h11H,4-10,13H2,1-3H3. The van der Waals surface area contributed by atoms with Crippen molar-refractivity contribution in [2.75, 3.05) is 26.7 Å². The summed E-state index contributed by atoms with van der Waals surface area (Å²) in [4.78, 5) is 2.38. The molecule has 1 aliphatic heterocycles. The topological polar surface area (TPSA) is 38.5 Å². The molecule has 1 rings (SSSR count). The van der Waals surface area contributed by atoms with Crippen LogP contribution in [-0.2, 0) is 4.74 Å². The molecule has 1 aliphatic rings. The lowest BCUT2D eigenvalue weighted by Crippen LogP contribution is -2.51. The lowest BCUT2D eigenvalue weighted by molar-refractivity contribution is 0.0400. The molecule has 0 bridgehead atoms. The van der Waals surface area contributed by atoms with Crippen LogP contribution in [-0.4, -0.2) is 43.3 Å². The molecule has 0 aromatic heterocycles. The second-order valence-corrected chi connectivity index (χ2v) is 4.97. The molecular weight excluding hydrogens is 188 g/mol. The van der Waals surface area contributed by atoms with E-state index >= 15 is 0 Å². The second kappa shape index (κ2) is 5.83. The minimum Gasteiger partial charge on any atom is -0.377 e. The monoisotopic (exact) mass is 214 g/mol. The third kappa shape index (κ3) is 3.44. The van der Waals surface area contributed by atoms with Crippen LogP contribution in [0.1, 0.15) is 39.5 Å². The van der Waals surface area contributed by atoms with Gasteiger partial charge in [0.1, 0.15) is 0 Å². The Morgan fingerprint density at radius 2 is 2.27 bits per heavy atom. The first-order valence-electron chi connectivity index (χ1n) is 6.15. The van der Waals surface area contributed by atoms with Crippen LogP contribution in [0.2, 0.25) is 0 Å². The van der Waals surface area contributed by atoms with Crippen molar-refractivity contribution in [3.63, 3.8) is 0 Å². The summed E-state index contributed by atoms with van der Waals surface area (Å²) in [5.74, 6) is 0. The minimum absolute atomic E-state index is 0.140. The highest BCUT2D eigenvalue weighted by Crippen LogP contribution is 2.21. The fraction of sp³-hybridized carbons (Fsp3) is 1.00. The summed E-state index contributed by atoms with van der Waals surface area (Å²) in [7, 11) is 2.17. The number of hydrogen-bond acceptors (Lipinski definition) is 3. The zero-order valence-corrected chi connectivity index (χ0v) is 10.5. The van der Waals surface area contributed by atoms with Crippen LogP contribution < -0.4 is 5.73 Å². The van der Waals surface area contributed by atoms with E-state index in [-0.39, 0.29) is 5.54 Å². The highest BCUT2D eigenvalue weighted by molar-refractivity contribution is 4.86. The summed E-state index contributed by atoms with van der Waals surface area (Å²) in [6.45, 7) is 7.16. The van der Waals surface area contributed by atoms with E-state index in [9.17, 15) is 0 Å². The second-order valence-electron chi connectivity index (χ2n) is 4.97. The Hall–Kier alpha value is -0.120. The van der Waals surface area contributed by atoms with Gasteiger partial charge in [0, 0.05) is 25.2 Å². The summed E-state index contributed by atoms with van der Waals surface area (Å²) in [6, 6.07) is 0. The van der Waals surface area contributed by atoms with Gasteiger partial charge in [0.15, 0.2) is 0 Å². The Morgan fingerprint density at radius 1 is 1.53 bits per heavy atom. The van der Waals surface area contributed by atoms with Gasteiger partial charge in [-0.1, -0.05) is 13.3 Å². The van der Waals surface area contributed by atoms with Gasteiger partial charge in [-0.05, 0) is 33.2 Å². The predicted molar refractivity (Wildman–Crippen MR) is 64.0 cm³/mol. The zero-order valence-electron chi connectivity index (χ0n) is 10.5. The molecule has 1 heterocycles. The van der Waals surface area contributed by atoms with Crippen molar-refractivity contribution in [1.82, 2.24) is 4.90 Å². The number of nitrogens with two attached hydrogens (primary N) is 1. The number of hydrogen-bond donors (Lipinski definition) is 1. The van der Waals surface area contributed by atoms with Gasteiger partial charge in [0.05, 0.1) is 6.10 Å². The largest absolute Gasteiger partial charge is 0.377 e. The van der Waals surface area contributed by atoms with E-state index in [0.717, 1.165) is 26.1 Å². The summed E-state index contributed by atoms with van der Waals surface area (Å²) in [5.41, 5.74) is 6.03. The van der Waals surface area contributed by atoms with Crippen molar-refractivity contribution in [2.45, 2.75) is 51.2 Å². The van der Waals surface area contributed by atoms with Gasteiger partial charge in [0.2, 0.25) is 0 Å². The first kappa shape index (κ1) is 12.9. The number of nitrogens with zero attached hydrogens (tertiary/aromatic N) is 1. The predicted octanol–water partition coefficient (Wildman–Crippen LogP) is 1.61. The molecule has 2 atom stereocenters. The number of likely N-dealkylation sites (N-methyl/N-ethyl adjacent to an activating group) is 1. The molecule has 0 amide bonds. The van der Waals surface area contributed by atoms with Crippen LogP contribution in [0.25, 0.3) is 0 Å². The smallest absolute Gasteiger partial charge is 0.0702 e. The van der Waals surface area contributed by atoms with Crippen molar-refractivity contribution in [2.24, 2.45) is 5.73 Å². The van der Waals surface area contributed by atoms with Crippen LogP contribution in [0.15, 0.2) is 0 Å². The Kier molecular flexibility index (Phi) is 5.03. The van der Waals surface area contributed by atoms with Crippen LogP contribution in [0, 0.1) is 0 Å². The Balaban J connectivity index is 2.44. The van der Waals surface area contributed by atoms with Gasteiger partial charge in [0.25, 0.3) is 0 Å². The quantitative estimate of drug-likeness (QED) is 0.730. The van der Waals surface area contributed by atoms with E-state index in [1.165, 1.54) is 19.3 Å². The molecule has 90 valence electrons. The van der Waals surface area contributed by atoms with E-state index in [0.29, 0.717) is 6.10 Å². The summed E-state index contributed by atoms with van der Waals surface area (Å²) in [5, 5.41) is 0. The van der Waals surface area contributed by atoms with Crippen LogP contribution in [0.4, 0.5) is 0 Å². The zero-order chi connectivity index (χ0) is 11.3. The maximum Gasteiger partial charge on any atom is 0.0702 e. The van der Waals surface area contributed by atoms with Gasteiger partial charge in [-0.2, -0.15) is 0 Å². The molecule has 0 saturated carbocycles. The summed E-state index contributed by atoms with van der Waals surface area (Å²) >= 11 is 0. The van der Waals surface area contributed by atoms with Crippen molar-refractivity contribution < 1.29 is 4.74 Å². The molecule has 2 unspecified atom stereocenters. The molecule has 15 heavy (non-hydrogen) atoms. The van der Waals surface area contributed by atoms with Crippen molar-refractivity contribution in [3.05, 3.63) is 0 Å². The summed E-state index contributed by atoms with van der Waals surface area (Å²) < 4.78 is 5.66. The van der Waals surface area contributed by atoms with Crippen LogP contribution >= 0.6 is 0 Å². The van der Waals surface area contributed by atoms with Gasteiger partial charge < -0.3 is 10.5 Å². The lowest BCUT2D eigenvalue weighted by atomic mass is 9.94. The normalized spacial score (nSPS) is 25.8. The molecule has 1 fully saturated rings. The van der Waals surface area contributed by atoms with E-state index in [4.69, 9.17) is 10.5 Å². The third-order valence-corrected chi connectivity index (χ3v) is 3.65. The molecular formula is C12H26N2O.